The first-order valence-electron chi connectivity index (χ1n) is 8.74. The molecule has 5 heteroatoms. The van der Waals surface area contributed by atoms with Crippen molar-refractivity contribution in [2.45, 2.75) is 31.3 Å². The molecule has 1 aromatic heterocycles. The van der Waals surface area contributed by atoms with Crippen LogP contribution in [0.3, 0.4) is 0 Å². The quantitative estimate of drug-likeness (QED) is 0.531. The smallest absolute Gasteiger partial charge is 0.170 e. The Bertz CT molecular complexity index is 1050. The Labute approximate surface area is 159 Å². The topological polar surface area (TPSA) is 34.5 Å². The fraction of sp³-hybridized carbons (Fsp3) is 0.238. The first-order chi connectivity index (χ1) is 12.6. The molecule has 1 aliphatic carbocycles. The highest BCUT2D eigenvalue weighted by atomic mass is 79.9. The molecule has 3 aromatic rings. The minimum absolute atomic E-state index is 0.247. The van der Waals surface area contributed by atoms with Gasteiger partial charge in [-0.25, -0.2) is 4.39 Å². The Kier molecular flexibility index (Phi) is 3.60. The van der Waals surface area contributed by atoms with Gasteiger partial charge in [-0.1, -0.05) is 33.2 Å². The molecule has 0 unspecified atom stereocenters. The van der Waals surface area contributed by atoms with Gasteiger partial charge >= 0.3 is 0 Å². The normalized spacial score (nSPS) is 21.5. The molecular formula is C21H16BrFN2O. The number of aryl methyl sites for hydroxylation is 1. The third-order valence-electron chi connectivity index (χ3n) is 5.30. The molecule has 0 N–H and O–H groups in total. The fourth-order valence-corrected chi connectivity index (χ4v) is 4.27. The molecule has 1 spiro atoms. The van der Waals surface area contributed by atoms with Crippen LogP contribution in [-0.4, -0.2) is 10.7 Å². The van der Waals surface area contributed by atoms with Crippen LogP contribution < -0.4 is 0 Å². The summed E-state index contributed by atoms with van der Waals surface area (Å²) < 4.78 is 14.7. The van der Waals surface area contributed by atoms with E-state index in [9.17, 15) is 4.39 Å². The van der Waals surface area contributed by atoms with Crippen molar-refractivity contribution in [1.82, 2.24) is 4.98 Å². The third-order valence-corrected chi connectivity index (χ3v) is 5.83. The van der Waals surface area contributed by atoms with Gasteiger partial charge in [-0.15, -0.1) is 0 Å². The van der Waals surface area contributed by atoms with Crippen LogP contribution in [0.15, 0.2) is 58.2 Å². The maximum atomic E-state index is 13.7. The third kappa shape index (κ3) is 2.53. The maximum absolute atomic E-state index is 13.7. The van der Waals surface area contributed by atoms with E-state index in [0.717, 1.165) is 57.2 Å². The summed E-state index contributed by atoms with van der Waals surface area (Å²) in [6.07, 6.45) is 3.54. The van der Waals surface area contributed by atoms with Crippen LogP contribution in [0, 0.1) is 5.82 Å². The summed E-state index contributed by atoms with van der Waals surface area (Å²) in [5.74, 6) is -0.247. The minimum Gasteiger partial charge on any atom is -0.384 e. The molecule has 5 rings (SSSR count). The zero-order valence-electron chi connectivity index (χ0n) is 14.0. The first-order valence-corrected chi connectivity index (χ1v) is 9.53. The van der Waals surface area contributed by atoms with Crippen LogP contribution in [0.2, 0.25) is 0 Å². The zero-order chi connectivity index (χ0) is 17.7. The molecule has 1 atom stereocenters. The van der Waals surface area contributed by atoms with Gasteiger partial charge in [0, 0.05) is 27.5 Å². The van der Waals surface area contributed by atoms with Crippen molar-refractivity contribution >= 4 is 32.5 Å². The monoisotopic (exact) mass is 410 g/mol. The number of halogens is 2. The van der Waals surface area contributed by atoms with Crippen molar-refractivity contribution in [2.75, 3.05) is 0 Å². The van der Waals surface area contributed by atoms with Gasteiger partial charge in [0.05, 0.1) is 11.2 Å². The number of rotatable bonds is 1. The predicted molar refractivity (Wildman–Crippen MR) is 103 cm³/mol. The number of nitrogens with zero attached hydrogens (tertiary/aromatic N) is 2. The Morgan fingerprint density at radius 3 is 2.77 bits per heavy atom. The minimum atomic E-state index is -0.483. The van der Waals surface area contributed by atoms with Gasteiger partial charge in [0.1, 0.15) is 5.82 Å². The highest BCUT2D eigenvalue weighted by molar-refractivity contribution is 9.10. The second-order valence-corrected chi connectivity index (χ2v) is 7.90. The molecule has 130 valence electrons. The van der Waals surface area contributed by atoms with Gasteiger partial charge in [0.2, 0.25) is 0 Å². The van der Waals surface area contributed by atoms with Gasteiger partial charge in [-0.2, -0.15) is 0 Å². The van der Waals surface area contributed by atoms with Gasteiger partial charge in [-0.3, -0.25) is 4.98 Å². The average Bonchev–Trinajstić information content (AvgIpc) is 3.06. The van der Waals surface area contributed by atoms with E-state index < -0.39 is 5.60 Å². The Balaban J connectivity index is 1.57. The Morgan fingerprint density at radius 2 is 1.92 bits per heavy atom. The molecule has 0 saturated heterocycles. The van der Waals surface area contributed by atoms with Crippen LogP contribution in [-0.2, 0) is 16.9 Å². The van der Waals surface area contributed by atoms with Gasteiger partial charge in [0.15, 0.2) is 5.60 Å². The number of hydrogen-bond acceptors (Lipinski definition) is 3. The van der Waals surface area contributed by atoms with Gasteiger partial charge in [0.25, 0.3) is 0 Å². The second-order valence-electron chi connectivity index (χ2n) is 6.98. The lowest BCUT2D eigenvalue weighted by Gasteiger charge is -2.32. The molecule has 0 radical (unpaired) electrons. The van der Waals surface area contributed by atoms with Crippen molar-refractivity contribution in [1.29, 1.82) is 0 Å². The van der Waals surface area contributed by atoms with Crippen molar-refractivity contribution in [3.05, 3.63) is 75.6 Å². The van der Waals surface area contributed by atoms with Crippen molar-refractivity contribution < 1.29 is 9.23 Å². The van der Waals surface area contributed by atoms with E-state index in [0.29, 0.717) is 6.42 Å². The van der Waals surface area contributed by atoms with Crippen LogP contribution in [0.4, 0.5) is 4.39 Å². The predicted octanol–water partition coefficient (Wildman–Crippen LogP) is 5.49. The van der Waals surface area contributed by atoms with E-state index >= 15 is 0 Å². The molecule has 0 bridgehead atoms. The summed E-state index contributed by atoms with van der Waals surface area (Å²) >= 11 is 3.46. The number of oxime groups is 1. The Hall–Kier alpha value is -2.27. The van der Waals surface area contributed by atoms with Crippen molar-refractivity contribution in [3.8, 4) is 0 Å². The molecule has 3 nitrogen and oxygen atoms in total. The van der Waals surface area contributed by atoms with Crippen LogP contribution in [0.25, 0.3) is 10.9 Å². The lowest BCUT2D eigenvalue weighted by molar-refractivity contribution is -0.0366. The molecule has 26 heavy (non-hydrogen) atoms. The molecule has 0 fully saturated rings. The summed E-state index contributed by atoms with van der Waals surface area (Å²) in [6.45, 7) is 0. The second kappa shape index (κ2) is 5.88. The highest BCUT2D eigenvalue weighted by Gasteiger charge is 2.45. The molecule has 0 amide bonds. The molecule has 2 heterocycles. The lowest BCUT2D eigenvalue weighted by Crippen LogP contribution is -2.31. The van der Waals surface area contributed by atoms with E-state index in [1.54, 1.807) is 6.07 Å². The average molecular weight is 411 g/mol. The van der Waals surface area contributed by atoms with E-state index in [4.69, 9.17) is 9.82 Å². The van der Waals surface area contributed by atoms with E-state index in [2.05, 4.69) is 21.1 Å². The summed E-state index contributed by atoms with van der Waals surface area (Å²) in [4.78, 5) is 10.8. The summed E-state index contributed by atoms with van der Waals surface area (Å²) in [7, 11) is 0. The first kappa shape index (κ1) is 15.9. The lowest BCUT2D eigenvalue weighted by atomic mass is 9.77. The highest BCUT2D eigenvalue weighted by Crippen LogP contribution is 2.45. The molecule has 2 aliphatic rings. The molecular weight excluding hydrogens is 395 g/mol. The van der Waals surface area contributed by atoms with Gasteiger partial charge < -0.3 is 4.84 Å². The number of benzene rings is 2. The van der Waals surface area contributed by atoms with E-state index in [1.165, 1.54) is 12.1 Å². The number of aromatic nitrogens is 1. The Morgan fingerprint density at radius 1 is 1.08 bits per heavy atom. The fourth-order valence-electron chi connectivity index (χ4n) is 4.00. The van der Waals surface area contributed by atoms with Crippen molar-refractivity contribution in [3.63, 3.8) is 0 Å². The van der Waals surface area contributed by atoms with Crippen LogP contribution in [0.5, 0.6) is 0 Å². The van der Waals surface area contributed by atoms with E-state index in [-0.39, 0.29) is 5.82 Å². The van der Waals surface area contributed by atoms with Crippen molar-refractivity contribution in [2.24, 2.45) is 5.16 Å². The molecule has 1 aliphatic heterocycles. The van der Waals surface area contributed by atoms with Crippen LogP contribution >= 0.6 is 15.9 Å². The SMILES string of the molecule is Fc1ccc2nc3c(cc2c1)[C@]1(CCC3)CC(c2ccc(Br)cc2)=NO1. The molecule has 2 aromatic carbocycles. The van der Waals surface area contributed by atoms with Gasteiger partial charge in [-0.05, 0) is 61.2 Å². The largest absolute Gasteiger partial charge is 0.384 e. The van der Waals surface area contributed by atoms with E-state index in [1.807, 2.05) is 30.3 Å². The number of fused-ring (bicyclic) bond motifs is 3. The number of hydrogen-bond donors (Lipinski definition) is 0. The van der Waals surface area contributed by atoms with Crippen LogP contribution in [0.1, 0.15) is 36.1 Å². The summed E-state index contributed by atoms with van der Waals surface area (Å²) in [6, 6.07) is 14.9. The standard InChI is InChI=1S/C21H16BrFN2O/c22-15-5-3-13(4-6-15)20-12-21(26-25-20)9-1-2-19-17(21)11-14-10-16(23)7-8-18(14)24-19/h3-8,10-11H,1-2,9,12H2/t21-/m0/s1. The summed E-state index contributed by atoms with van der Waals surface area (Å²) in [5, 5.41) is 5.22. The summed E-state index contributed by atoms with van der Waals surface area (Å²) in [5.41, 5.74) is 4.46. The molecule has 0 saturated carbocycles. The number of pyridine rings is 1. The zero-order valence-corrected chi connectivity index (χ0v) is 15.6. The maximum Gasteiger partial charge on any atom is 0.170 e.